The molecule has 2 amide bonds. The summed E-state index contributed by atoms with van der Waals surface area (Å²) in [6.07, 6.45) is 3.62. The SMILES string of the molecule is N[C@@H](Cc1c[nH]c2ccccc12)C(=O)N1Cc2ccccc2C[C@H]1C(=O)N1CCC[C@H]1C(=O)O. The highest BCUT2D eigenvalue weighted by molar-refractivity contribution is 5.93. The number of aromatic nitrogens is 1. The highest BCUT2D eigenvalue weighted by Crippen LogP contribution is 2.28. The highest BCUT2D eigenvalue weighted by Gasteiger charge is 2.43. The minimum Gasteiger partial charge on any atom is -0.480 e. The predicted molar refractivity (Wildman–Crippen MR) is 127 cm³/mol. The number of nitrogens with two attached hydrogens (primary N) is 1. The van der Waals surface area contributed by atoms with E-state index in [4.69, 9.17) is 5.73 Å². The Morgan fingerprint density at radius 2 is 1.76 bits per heavy atom. The van der Waals surface area contributed by atoms with Crippen molar-refractivity contribution in [3.8, 4) is 0 Å². The first-order chi connectivity index (χ1) is 16.4. The zero-order valence-corrected chi connectivity index (χ0v) is 18.8. The number of amides is 2. The van der Waals surface area contributed by atoms with Crippen molar-refractivity contribution in [3.63, 3.8) is 0 Å². The molecule has 3 atom stereocenters. The van der Waals surface area contributed by atoms with Gasteiger partial charge in [-0.15, -0.1) is 0 Å². The van der Waals surface area contributed by atoms with Crippen LogP contribution in [-0.2, 0) is 33.8 Å². The number of aliphatic carboxylic acids is 1. The first-order valence-electron chi connectivity index (χ1n) is 11.6. The van der Waals surface area contributed by atoms with Gasteiger partial charge in [0.15, 0.2) is 0 Å². The van der Waals surface area contributed by atoms with Crippen LogP contribution in [0, 0.1) is 0 Å². The van der Waals surface area contributed by atoms with Crippen molar-refractivity contribution < 1.29 is 19.5 Å². The maximum absolute atomic E-state index is 13.6. The summed E-state index contributed by atoms with van der Waals surface area (Å²) >= 11 is 0. The van der Waals surface area contributed by atoms with Crippen LogP contribution in [0.3, 0.4) is 0 Å². The Hall–Kier alpha value is -3.65. The third-order valence-corrected chi connectivity index (χ3v) is 7.07. The maximum atomic E-state index is 13.6. The highest BCUT2D eigenvalue weighted by atomic mass is 16.4. The zero-order chi connectivity index (χ0) is 23.8. The van der Waals surface area contributed by atoms with E-state index >= 15 is 0 Å². The van der Waals surface area contributed by atoms with Gasteiger partial charge in [0.25, 0.3) is 0 Å². The fourth-order valence-corrected chi connectivity index (χ4v) is 5.29. The number of fused-ring (bicyclic) bond motifs is 2. The number of para-hydroxylation sites is 1. The lowest BCUT2D eigenvalue weighted by atomic mass is 9.92. The first kappa shape index (κ1) is 22.2. The Balaban J connectivity index is 1.42. The summed E-state index contributed by atoms with van der Waals surface area (Å²) in [6, 6.07) is 13.1. The lowest BCUT2D eigenvalue weighted by molar-refractivity contribution is -0.153. The molecule has 3 heterocycles. The average molecular weight is 461 g/mol. The monoisotopic (exact) mass is 460 g/mol. The third kappa shape index (κ3) is 3.94. The molecule has 0 aliphatic carbocycles. The van der Waals surface area contributed by atoms with E-state index in [2.05, 4.69) is 4.98 Å². The molecule has 3 aromatic rings. The number of carboxylic acid groups (broad SMARTS) is 1. The number of nitrogens with one attached hydrogen (secondary N) is 1. The van der Waals surface area contributed by atoms with Gasteiger partial charge in [0, 0.05) is 36.6 Å². The number of aromatic amines is 1. The van der Waals surface area contributed by atoms with Gasteiger partial charge in [-0.05, 0) is 42.0 Å². The van der Waals surface area contributed by atoms with E-state index in [1.54, 1.807) is 4.90 Å². The van der Waals surface area contributed by atoms with E-state index in [-0.39, 0.29) is 18.4 Å². The predicted octanol–water partition coefficient (Wildman–Crippen LogP) is 2.07. The molecule has 1 fully saturated rings. The van der Waals surface area contributed by atoms with Crippen LogP contribution in [0.25, 0.3) is 10.9 Å². The molecule has 1 aromatic heterocycles. The fourth-order valence-electron chi connectivity index (χ4n) is 5.29. The molecular formula is C26H28N4O4. The van der Waals surface area contributed by atoms with E-state index in [1.165, 1.54) is 4.90 Å². The van der Waals surface area contributed by atoms with Crippen LogP contribution in [0.2, 0.25) is 0 Å². The van der Waals surface area contributed by atoms with Crippen molar-refractivity contribution in [2.24, 2.45) is 5.73 Å². The summed E-state index contributed by atoms with van der Waals surface area (Å²) in [4.78, 5) is 45.1. The lowest BCUT2D eigenvalue weighted by Gasteiger charge is -2.39. The summed E-state index contributed by atoms with van der Waals surface area (Å²) in [6.45, 7) is 0.663. The van der Waals surface area contributed by atoms with Crippen molar-refractivity contribution in [2.75, 3.05) is 6.54 Å². The van der Waals surface area contributed by atoms with Crippen LogP contribution in [0.4, 0.5) is 0 Å². The van der Waals surface area contributed by atoms with E-state index in [0.29, 0.717) is 32.2 Å². The summed E-state index contributed by atoms with van der Waals surface area (Å²) in [5.74, 6) is -1.62. The van der Waals surface area contributed by atoms with E-state index in [1.807, 2.05) is 54.7 Å². The fraction of sp³-hybridized carbons (Fsp3) is 0.346. The van der Waals surface area contributed by atoms with Gasteiger partial charge in [-0.1, -0.05) is 42.5 Å². The molecule has 4 N–H and O–H groups in total. The third-order valence-electron chi connectivity index (χ3n) is 7.07. The van der Waals surface area contributed by atoms with E-state index in [0.717, 1.165) is 27.6 Å². The number of hydrogen-bond donors (Lipinski definition) is 3. The summed E-state index contributed by atoms with van der Waals surface area (Å²) in [5.41, 5.74) is 10.3. The first-order valence-corrected chi connectivity index (χ1v) is 11.6. The van der Waals surface area contributed by atoms with E-state index < -0.39 is 24.1 Å². The van der Waals surface area contributed by atoms with Crippen molar-refractivity contribution >= 4 is 28.7 Å². The molecule has 0 bridgehead atoms. The molecule has 1 saturated heterocycles. The van der Waals surface area contributed by atoms with Gasteiger partial charge >= 0.3 is 5.97 Å². The molecule has 0 unspecified atom stereocenters. The molecule has 5 rings (SSSR count). The standard InChI is InChI=1S/C26H28N4O4/c27-20(12-18-14-28-21-9-4-3-8-19(18)21)24(31)30-15-17-7-2-1-6-16(17)13-23(30)25(32)29-11-5-10-22(29)26(33)34/h1-4,6-9,14,20,22-23,28H,5,10-13,15,27H2,(H,33,34)/t20-,22-,23-/m0/s1. The molecular weight excluding hydrogens is 432 g/mol. The van der Waals surface area contributed by atoms with Gasteiger partial charge in [0.1, 0.15) is 12.1 Å². The molecule has 0 saturated carbocycles. The second-order valence-electron chi connectivity index (χ2n) is 9.15. The number of rotatable bonds is 5. The molecule has 8 nitrogen and oxygen atoms in total. The van der Waals surface area contributed by atoms with Crippen molar-refractivity contribution in [1.29, 1.82) is 0 Å². The second-order valence-corrected chi connectivity index (χ2v) is 9.15. The van der Waals surface area contributed by atoms with Crippen molar-refractivity contribution in [1.82, 2.24) is 14.8 Å². The van der Waals surface area contributed by atoms with Gasteiger partial charge in [0.05, 0.1) is 6.04 Å². The summed E-state index contributed by atoms with van der Waals surface area (Å²) < 4.78 is 0. The van der Waals surface area contributed by atoms with Gasteiger partial charge in [-0.25, -0.2) is 4.79 Å². The Morgan fingerprint density at radius 1 is 1.03 bits per heavy atom. The topological polar surface area (TPSA) is 120 Å². The minimum absolute atomic E-state index is 0.276. The van der Waals surface area contributed by atoms with Crippen LogP contribution in [0.5, 0.6) is 0 Å². The molecule has 0 radical (unpaired) electrons. The molecule has 2 aromatic carbocycles. The van der Waals surface area contributed by atoms with E-state index in [9.17, 15) is 19.5 Å². The molecule has 0 spiro atoms. The molecule has 2 aliphatic heterocycles. The quantitative estimate of drug-likeness (QED) is 0.538. The number of benzene rings is 2. The summed E-state index contributed by atoms with van der Waals surface area (Å²) in [7, 11) is 0. The van der Waals surface area contributed by atoms with Gasteiger partial charge < -0.3 is 25.6 Å². The maximum Gasteiger partial charge on any atom is 0.326 e. The van der Waals surface area contributed by atoms with Gasteiger partial charge in [0.2, 0.25) is 11.8 Å². The number of carboxylic acids is 1. The average Bonchev–Trinajstić information content (AvgIpc) is 3.50. The van der Waals surface area contributed by atoms with Crippen molar-refractivity contribution in [3.05, 3.63) is 71.4 Å². The minimum atomic E-state index is -1.00. The molecule has 176 valence electrons. The van der Waals surface area contributed by atoms with Gasteiger partial charge in [-0.2, -0.15) is 0 Å². The zero-order valence-electron chi connectivity index (χ0n) is 18.8. The number of hydrogen-bond acceptors (Lipinski definition) is 4. The number of carbonyl (C=O) groups is 3. The molecule has 34 heavy (non-hydrogen) atoms. The Labute approximate surface area is 197 Å². The van der Waals surface area contributed by atoms with Crippen LogP contribution in [0.15, 0.2) is 54.7 Å². The van der Waals surface area contributed by atoms with Crippen molar-refractivity contribution in [2.45, 2.75) is 50.4 Å². The number of carbonyl (C=O) groups excluding carboxylic acids is 2. The normalized spacial score (nSPS) is 20.9. The van der Waals surface area contributed by atoms with Crippen LogP contribution in [-0.4, -0.2) is 62.3 Å². The Bertz CT molecular complexity index is 1250. The van der Waals surface area contributed by atoms with Crippen LogP contribution >= 0.6 is 0 Å². The molecule has 8 heteroatoms. The second kappa shape index (κ2) is 8.95. The Kier molecular flexibility index (Phi) is 5.83. The number of nitrogens with zero attached hydrogens (tertiary/aromatic N) is 2. The molecule has 2 aliphatic rings. The largest absolute Gasteiger partial charge is 0.480 e. The smallest absolute Gasteiger partial charge is 0.326 e. The lowest BCUT2D eigenvalue weighted by Crippen LogP contribution is -2.58. The number of likely N-dealkylation sites (tertiary alicyclic amines) is 1. The van der Waals surface area contributed by atoms with Crippen LogP contribution < -0.4 is 5.73 Å². The Morgan fingerprint density at radius 3 is 2.56 bits per heavy atom. The van der Waals surface area contributed by atoms with Crippen LogP contribution in [0.1, 0.15) is 29.5 Å². The van der Waals surface area contributed by atoms with Gasteiger partial charge in [-0.3, -0.25) is 9.59 Å². The summed E-state index contributed by atoms with van der Waals surface area (Å²) in [5, 5.41) is 10.6. The number of H-pyrrole nitrogens is 1.